The van der Waals surface area contributed by atoms with E-state index in [1.165, 1.54) is 23.6 Å². The molecule has 1 aliphatic rings. The fourth-order valence-electron chi connectivity index (χ4n) is 2.49. The van der Waals surface area contributed by atoms with E-state index in [-0.39, 0.29) is 11.7 Å². The molecule has 0 saturated carbocycles. The van der Waals surface area contributed by atoms with Gasteiger partial charge >= 0.3 is 0 Å². The lowest BCUT2D eigenvalue weighted by atomic mass is 10.2. The standard InChI is InChI=1S/C16H19FN4OS/c17-13-4-2-1-3-12(13)16-20-11-14(23-16)15(22)19-7-10-21-8-5-18-6-9-21/h1-4,11,18H,5-10H2,(H,19,22). The van der Waals surface area contributed by atoms with E-state index in [2.05, 4.69) is 20.5 Å². The van der Waals surface area contributed by atoms with Gasteiger partial charge in [0.2, 0.25) is 0 Å². The van der Waals surface area contributed by atoms with Crippen molar-refractivity contribution >= 4 is 17.2 Å². The first-order valence-electron chi connectivity index (χ1n) is 7.66. The number of amides is 1. The third kappa shape index (κ3) is 4.13. The predicted octanol–water partition coefficient (Wildman–Crippen LogP) is 1.58. The number of nitrogens with one attached hydrogen (secondary N) is 2. The molecule has 122 valence electrons. The largest absolute Gasteiger partial charge is 0.350 e. The first-order chi connectivity index (χ1) is 11.2. The zero-order valence-electron chi connectivity index (χ0n) is 12.7. The first kappa shape index (κ1) is 16.0. The number of benzene rings is 1. The van der Waals surface area contributed by atoms with E-state index in [0.717, 1.165) is 32.7 Å². The van der Waals surface area contributed by atoms with Gasteiger partial charge in [0.25, 0.3) is 5.91 Å². The van der Waals surface area contributed by atoms with Crippen molar-refractivity contribution in [3.63, 3.8) is 0 Å². The van der Waals surface area contributed by atoms with Gasteiger partial charge in [-0.15, -0.1) is 11.3 Å². The quantitative estimate of drug-likeness (QED) is 0.872. The molecule has 3 rings (SSSR count). The number of nitrogens with zero attached hydrogens (tertiary/aromatic N) is 2. The Hall–Kier alpha value is -1.83. The summed E-state index contributed by atoms with van der Waals surface area (Å²) < 4.78 is 13.7. The highest BCUT2D eigenvalue weighted by Gasteiger charge is 2.14. The van der Waals surface area contributed by atoms with Crippen LogP contribution in [0.25, 0.3) is 10.6 Å². The maximum Gasteiger partial charge on any atom is 0.263 e. The van der Waals surface area contributed by atoms with E-state index in [9.17, 15) is 9.18 Å². The van der Waals surface area contributed by atoms with E-state index in [4.69, 9.17) is 0 Å². The minimum Gasteiger partial charge on any atom is -0.350 e. The molecule has 2 aromatic rings. The van der Waals surface area contributed by atoms with Gasteiger partial charge in [0.05, 0.1) is 6.20 Å². The van der Waals surface area contributed by atoms with Crippen LogP contribution in [0.3, 0.4) is 0 Å². The number of carbonyl (C=O) groups excluding carboxylic acids is 1. The SMILES string of the molecule is O=C(NCCN1CCNCC1)c1cnc(-c2ccccc2F)s1. The molecule has 23 heavy (non-hydrogen) atoms. The molecule has 7 heteroatoms. The molecule has 0 spiro atoms. The predicted molar refractivity (Wildman–Crippen MR) is 89.2 cm³/mol. The lowest BCUT2D eigenvalue weighted by Gasteiger charge is -2.26. The van der Waals surface area contributed by atoms with E-state index >= 15 is 0 Å². The lowest BCUT2D eigenvalue weighted by Crippen LogP contribution is -2.46. The molecule has 1 saturated heterocycles. The molecule has 0 unspecified atom stereocenters. The van der Waals surface area contributed by atoms with E-state index in [1.807, 2.05) is 0 Å². The van der Waals surface area contributed by atoms with Crippen LogP contribution >= 0.6 is 11.3 Å². The molecule has 1 amide bonds. The summed E-state index contributed by atoms with van der Waals surface area (Å²) in [5, 5.41) is 6.72. The summed E-state index contributed by atoms with van der Waals surface area (Å²) in [7, 11) is 0. The molecule has 0 radical (unpaired) electrons. The minimum absolute atomic E-state index is 0.153. The first-order valence-corrected chi connectivity index (χ1v) is 8.48. The molecule has 0 atom stereocenters. The van der Waals surface area contributed by atoms with Crippen LogP contribution in [-0.4, -0.2) is 55.1 Å². The molecule has 1 aromatic carbocycles. The number of piperazine rings is 1. The molecule has 0 aliphatic carbocycles. The van der Waals surface area contributed by atoms with Gasteiger partial charge in [-0.2, -0.15) is 0 Å². The number of hydrogen-bond acceptors (Lipinski definition) is 5. The lowest BCUT2D eigenvalue weighted by molar-refractivity contribution is 0.0951. The van der Waals surface area contributed by atoms with Gasteiger partial charge in [-0.1, -0.05) is 12.1 Å². The average Bonchev–Trinajstić information content (AvgIpc) is 3.06. The summed E-state index contributed by atoms with van der Waals surface area (Å²) in [5.41, 5.74) is 0.428. The van der Waals surface area contributed by atoms with Crippen molar-refractivity contribution in [1.82, 2.24) is 20.5 Å². The Bertz CT molecular complexity index is 670. The topological polar surface area (TPSA) is 57.3 Å². The Kier molecular flexibility index (Phi) is 5.32. The van der Waals surface area contributed by atoms with Crippen molar-refractivity contribution in [2.75, 3.05) is 39.3 Å². The van der Waals surface area contributed by atoms with Gasteiger partial charge in [0, 0.05) is 44.8 Å². The number of thiazole rings is 1. The molecule has 2 heterocycles. The molecule has 1 fully saturated rings. The number of hydrogen-bond donors (Lipinski definition) is 2. The zero-order valence-corrected chi connectivity index (χ0v) is 13.5. The fourth-order valence-corrected chi connectivity index (χ4v) is 3.35. The normalized spacial score (nSPS) is 15.5. The molecular formula is C16H19FN4OS. The van der Waals surface area contributed by atoms with Gasteiger partial charge in [-0.3, -0.25) is 9.69 Å². The van der Waals surface area contributed by atoms with Gasteiger partial charge in [-0.05, 0) is 12.1 Å². The number of aromatic nitrogens is 1. The Morgan fingerprint density at radius 2 is 2.13 bits per heavy atom. The van der Waals surface area contributed by atoms with Crippen LogP contribution < -0.4 is 10.6 Å². The Morgan fingerprint density at radius 1 is 1.35 bits per heavy atom. The summed E-state index contributed by atoms with van der Waals surface area (Å²) in [6, 6.07) is 6.45. The van der Waals surface area contributed by atoms with Crippen LogP contribution in [0.2, 0.25) is 0 Å². The highest BCUT2D eigenvalue weighted by molar-refractivity contribution is 7.16. The van der Waals surface area contributed by atoms with Gasteiger partial charge in [-0.25, -0.2) is 9.37 Å². The third-order valence-electron chi connectivity index (χ3n) is 3.76. The minimum atomic E-state index is -0.326. The highest BCUT2D eigenvalue weighted by atomic mass is 32.1. The molecule has 0 bridgehead atoms. The average molecular weight is 334 g/mol. The Balaban J connectivity index is 1.55. The van der Waals surface area contributed by atoms with Crippen LogP contribution in [0.4, 0.5) is 4.39 Å². The summed E-state index contributed by atoms with van der Waals surface area (Å²) in [5.74, 6) is -0.479. The van der Waals surface area contributed by atoms with Crippen molar-refractivity contribution in [3.8, 4) is 10.6 Å². The van der Waals surface area contributed by atoms with Crippen LogP contribution in [0, 0.1) is 5.82 Å². The molecule has 5 nitrogen and oxygen atoms in total. The van der Waals surface area contributed by atoms with Crippen molar-refractivity contribution in [2.24, 2.45) is 0 Å². The second kappa shape index (κ2) is 7.63. The maximum absolute atomic E-state index is 13.7. The summed E-state index contributed by atoms with van der Waals surface area (Å²) in [6.07, 6.45) is 1.51. The fraction of sp³-hybridized carbons (Fsp3) is 0.375. The van der Waals surface area contributed by atoms with E-state index < -0.39 is 0 Å². The molecular weight excluding hydrogens is 315 g/mol. The van der Waals surface area contributed by atoms with Gasteiger partial charge in [0.1, 0.15) is 15.7 Å². The third-order valence-corrected chi connectivity index (χ3v) is 4.79. The van der Waals surface area contributed by atoms with Crippen molar-refractivity contribution in [2.45, 2.75) is 0 Å². The molecule has 2 N–H and O–H groups in total. The van der Waals surface area contributed by atoms with Gasteiger partial charge < -0.3 is 10.6 Å². The van der Waals surface area contributed by atoms with E-state index in [1.54, 1.807) is 18.2 Å². The van der Waals surface area contributed by atoms with Crippen molar-refractivity contribution < 1.29 is 9.18 Å². The van der Waals surface area contributed by atoms with Crippen LogP contribution in [0.15, 0.2) is 30.5 Å². The van der Waals surface area contributed by atoms with Crippen LogP contribution in [-0.2, 0) is 0 Å². The number of halogens is 1. The molecule has 1 aromatic heterocycles. The maximum atomic E-state index is 13.7. The van der Waals surface area contributed by atoms with Gasteiger partial charge in [0.15, 0.2) is 0 Å². The Labute approximate surface area is 138 Å². The number of rotatable bonds is 5. The number of carbonyl (C=O) groups is 1. The second-order valence-corrected chi connectivity index (χ2v) is 6.39. The summed E-state index contributed by atoms with van der Waals surface area (Å²) >= 11 is 1.21. The van der Waals surface area contributed by atoms with Crippen LogP contribution in [0.5, 0.6) is 0 Å². The van der Waals surface area contributed by atoms with E-state index in [0.29, 0.717) is 22.0 Å². The zero-order chi connectivity index (χ0) is 16.1. The Morgan fingerprint density at radius 3 is 2.91 bits per heavy atom. The van der Waals surface area contributed by atoms with Crippen molar-refractivity contribution in [1.29, 1.82) is 0 Å². The van der Waals surface area contributed by atoms with Crippen LogP contribution in [0.1, 0.15) is 9.67 Å². The van der Waals surface area contributed by atoms with Crippen molar-refractivity contribution in [3.05, 3.63) is 41.2 Å². The highest BCUT2D eigenvalue weighted by Crippen LogP contribution is 2.27. The second-order valence-electron chi connectivity index (χ2n) is 5.36. The summed E-state index contributed by atoms with van der Waals surface area (Å²) in [6.45, 7) is 5.45. The molecule has 1 aliphatic heterocycles. The smallest absolute Gasteiger partial charge is 0.263 e. The summed E-state index contributed by atoms with van der Waals surface area (Å²) in [4.78, 5) is 19.1. The monoisotopic (exact) mass is 334 g/mol.